The van der Waals surface area contributed by atoms with Crippen molar-refractivity contribution >= 4 is 34.5 Å². The van der Waals surface area contributed by atoms with Gasteiger partial charge in [0, 0.05) is 23.0 Å². The van der Waals surface area contributed by atoms with Crippen LogP contribution in [-0.4, -0.2) is 45.1 Å². The summed E-state index contributed by atoms with van der Waals surface area (Å²) in [6.45, 7) is 6.94. The number of aromatic carboxylic acids is 1. The second-order valence-corrected chi connectivity index (χ2v) is 11.2. The first-order valence-electron chi connectivity index (χ1n) is 14.9. The summed E-state index contributed by atoms with van der Waals surface area (Å²) in [7, 11) is 1.66. The molecule has 8 heteroatoms. The Morgan fingerprint density at radius 3 is 2.52 bits per heavy atom. The van der Waals surface area contributed by atoms with Crippen LogP contribution in [0.4, 0.5) is 0 Å². The molecule has 0 amide bonds. The molecule has 6 rings (SSSR count). The van der Waals surface area contributed by atoms with Gasteiger partial charge in [0.15, 0.2) is 0 Å². The van der Waals surface area contributed by atoms with Gasteiger partial charge in [0.25, 0.3) is 0 Å². The van der Waals surface area contributed by atoms with E-state index >= 15 is 0 Å². The molecule has 2 aromatic carbocycles. The number of carbonyl (C=O) groups is 2. The third kappa shape index (κ3) is 4.59. The largest absolute Gasteiger partial charge is 0.497 e. The molecule has 0 bridgehead atoms. The van der Waals surface area contributed by atoms with Crippen molar-refractivity contribution in [2.75, 3.05) is 13.7 Å². The highest BCUT2D eigenvalue weighted by molar-refractivity contribution is 6.03. The molecule has 3 heterocycles. The molecular formula is C34H37N3O5. The van der Waals surface area contributed by atoms with Gasteiger partial charge in [-0.2, -0.15) is 5.10 Å². The number of esters is 1. The maximum atomic E-state index is 13.3. The minimum Gasteiger partial charge on any atom is -0.497 e. The van der Waals surface area contributed by atoms with E-state index in [4.69, 9.17) is 14.6 Å². The number of hydrogen-bond acceptors (Lipinski definition) is 5. The number of methoxy groups -OCH3 is 1. The van der Waals surface area contributed by atoms with Crippen molar-refractivity contribution in [1.82, 2.24) is 14.3 Å². The molecule has 1 aliphatic heterocycles. The SMILES string of the molecule is CCOC(=O)c1c(C)nn(CC)c1C1=Cc2cc(OC)ccc2-c2c(C3CCCCC3)c3ccc(C(=O)O)cc3n2C1. The lowest BCUT2D eigenvalue weighted by Crippen LogP contribution is -2.13. The van der Waals surface area contributed by atoms with Gasteiger partial charge in [-0.15, -0.1) is 0 Å². The van der Waals surface area contributed by atoms with Gasteiger partial charge >= 0.3 is 11.9 Å². The van der Waals surface area contributed by atoms with E-state index < -0.39 is 11.9 Å². The van der Waals surface area contributed by atoms with Crippen molar-refractivity contribution < 1.29 is 24.2 Å². The molecule has 0 spiro atoms. The average Bonchev–Trinajstić information content (AvgIpc) is 3.45. The number of carbonyl (C=O) groups excluding carboxylic acids is 1. The first-order chi connectivity index (χ1) is 20.4. The molecule has 8 nitrogen and oxygen atoms in total. The second-order valence-electron chi connectivity index (χ2n) is 11.2. The Labute approximate surface area is 245 Å². The van der Waals surface area contributed by atoms with E-state index in [1.54, 1.807) is 26.2 Å². The fraction of sp³-hybridized carbons (Fsp3) is 0.382. The summed E-state index contributed by atoms with van der Waals surface area (Å²) in [5, 5.41) is 15.7. The molecule has 2 aromatic heterocycles. The van der Waals surface area contributed by atoms with Gasteiger partial charge in [0.05, 0.1) is 42.9 Å². The number of rotatable bonds is 7. The van der Waals surface area contributed by atoms with Crippen LogP contribution in [0, 0.1) is 6.92 Å². The van der Waals surface area contributed by atoms with Crippen LogP contribution < -0.4 is 4.74 Å². The molecule has 1 aliphatic carbocycles. The third-order valence-electron chi connectivity index (χ3n) is 8.75. The first-order valence-corrected chi connectivity index (χ1v) is 14.9. The van der Waals surface area contributed by atoms with E-state index in [9.17, 15) is 14.7 Å². The molecule has 0 radical (unpaired) electrons. The van der Waals surface area contributed by atoms with Crippen molar-refractivity contribution in [2.24, 2.45) is 0 Å². The average molecular weight is 568 g/mol. The van der Waals surface area contributed by atoms with Crippen LogP contribution in [-0.2, 0) is 17.8 Å². The van der Waals surface area contributed by atoms with E-state index in [0.717, 1.165) is 57.6 Å². The number of ether oxygens (including phenoxy) is 2. The van der Waals surface area contributed by atoms with Crippen LogP contribution in [0.15, 0.2) is 36.4 Å². The van der Waals surface area contributed by atoms with Gasteiger partial charge in [0.2, 0.25) is 0 Å². The fourth-order valence-electron chi connectivity index (χ4n) is 6.90. The maximum Gasteiger partial charge on any atom is 0.342 e. The molecule has 1 N–H and O–H groups in total. The predicted molar refractivity (Wildman–Crippen MR) is 163 cm³/mol. The Kier molecular flexibility index (Phi) is 7.39. The molecule has 0 unspecified atom stereocenters. The summed E-state index contributed by atoms with van der Waals surface area (Å²) in [6, 6.07) is 11.6. The van der Waals surface area contributed by atoms with Crippen LogP contribution in [0.2, 0.25) is 0 Å². The summed E-state index contributed by atoms with van der Waals surface area (Å²) >= 11 is 0. The number of hydrogen-bond donors (Lipinski definition) is 1. The highest BCUT2D eigenvalue weighted by atomic mass is 16.5. The van der Waals surface area contributed by atoms with Gasteiger partial charge in [-0.3, -0.25) is 4.68 Å². The molecule has 42 heavy (non-hydrogen) atoms. The summed E-state index contributed by atoms with van der Waals surface area (Å²) in [5.74, 6) is -0.227. The van der Waals surface area contributed by atoms with Crippen LogP contribution in [0.3, 0.4) is 0 Å². The summed E-state index contributed by atoms with van der Waals surface area (Å²) in [5.41, 5.74) is 8.31. The number of carboxylic acid groups (broad SMARTS) is 1. The second kappa shape index (κ2) is 11.2. The molecule has 0 atom stereocenters. The van der Waals surface area contributed by atoms with Crippen LogP contribution in [0.5, 0.6) is 5.75 Å². The number of benzene rings is 2. The molecule has 1 saturated carbocycles. The zero-order chi connectivity index (χ0) is 29.5. The Hall–Kier alpha value is -4.33. The van der Waals surface area contributed by atoms with Crippen molar-refractivity contribution in [3.05, 3.63) is 70.0 Å². The zero-order valence-electron chi connectivity index (χ0n) is 24.7. The quantitative estimate of drug-likeness (QED) is 0.235. The van der Waals surface area contributed by atoms with Crippen molar-refractivity contribution in [3.63, 3.8) is 0 Å². The smallest absolute Gasteiger partial charge is 0.342 e. The number of nitrogens with zero attached hydrogens (tertiary/aromatic N) is 3. The monoisotopic (exact) mass is 567 g/mol. The molecule has 1 fully saturated rings. The number of carboxylic acids is 1. The number of allylic oxidation sites excluding steroid dienone is 1. The van der Waals surface area contributed by atoms with E-state index in [-0.39, 0.29) is 12.2 Å². The molecule has 0 saturated heterocycles. The normalized spacial score (nSPS) is 15.1. The number of fused-ring (bicyclic) bond motifs is 5. The first kappa shape index (κ1) is 27.8. The van der Waals surface area contributed by atoms with Crippen molar-refractivity contribution in [1.29, 1.82) is 0 Å². The minimum absolute atomic E-state index is 0.254. The van der Waals surface area contributed by atoms with Crippen molar-refractivity contribution in [3.8, 4) is 17.0 Å². The van der Waals surface area contributed by atoms with Gasteiger partial charge in [-0.25, -0.2) is 9.59 Å². The minimum atomic E-state index is -0.953. The van der Waals surface area contributed by atoms with Gasteiger partial charge in [0.1, 0.15) is 11.3 Å². The molecule has 2 aliphatic rings. The van der Waals surface area contributed by atoms with E-state index in [1.165, 1.54) is 24.8 Å². The van der Waals surface area contributed by atoms with Gasteiger partial charge < -0.3 is 19.1 Å². The topological polar surface area (TPSA) is 95.6 Å². The van der Waals surface area contributed by atoms with Crippen LogP contribution in [0.25, 0.3) is 33.8 Å². The highest BCUT2D eigenvalue weighted by Crippen LogP contribution is 2.48. The lowest BCUT2D eigenvalue weighted by molar-refractivity contribution is 0.0524. The molecule has 218 valence electrons. The van der Waals surface area contributed by atoms with Gasteiger partial charge in [-0.1, -0.05) is 25.3 Å². The zero-order valence-corrected chi connectivity index (χ0v) is 24.7. The Bertz CT molecular complexity index is 1740. The van der Waals surface area contributed by atoms with Crippen LogP contribution >= 0.6 is 0 Å². The molecular weight excluding hydrogens is 530 g/mol. The molecule has 4 aromatic rings. The van der Waals surface area contributed by atoms with E-state index in [1.807, 2.05) is 36.7 Å². The Morgan fingerprint density at radius 2 is 1.83 bits per heavy atom. The number of aromatic nitrogens is 3. The Morgan fingerprint density at radius 1 is 1.05 bits per heavy atom. The fourth-order valence-corrected chi connectivity index (χ4v) is 6.90. The summed E-state index contributed by atoms with van der Waals surface area (Å²) in [6.07, 6.45) is 7.94. The van der Waals surface area contributed by atoms with Crippen molar-refractivity contribution in [2.45, 2.75) is 71.9 Å². The maximum absolute atomic E-state index is 13.3. The van der Waals surface area contributed by atoms with Crippen LogP contribution in [0.1, 0.15) is 95.1 Å². The Balaban J connectivity index is 1.69. The third-order valence-corrected chi connectivity index (χ3v) is 8.75. The summed E-state index contributed by atoms with van der Waals surface area (Å²) < 4.78 is 15.3. The highest BCUT2D eigenvalue weighted by Gasteiger charge is 2.32. The van der Waals surface area contributed by atoms with E-state index in [2.05, 4.69) is 16.7 Å². The predicted octanol–water partition coefficient (Wildman–Crippen LogP) is 7.32. The number of aryl methyl sites for hydroxylation is 2. The standard InChI is InChI=1S/C34H37N3O5/c1-5-37-31(29(20(3)35-37)34(40)42-6-2)24-16-23-17-25(41-4)13-15-26(23)32-30(21-10-8-7-9-11-21)27-14-12-22(33(38)39)18-28(27)36(32)19-24/h12-18,21H,5-11,19H2,1-4H3,(H,38,39). The lowest BCUT2D eigenvalue weighted by atomic mass is 9.81. The summed E-state index contributed by atoms with van der Waals surface area (Å²) in [4.78, 5) is 25.4. The van der Waals surface area contributed by atoms with E-state index in [0.29, 0.717) is 30.3 Å². The van der Waals surface area contributed by atoms with Gasteiger partial charge in [-0.05, 0) is 92.6 Å². The lowest BCUT2D eigenvalue weighted by Gasteiger charge is -2.24.